The Morgan fingerprint density at radius 2 is 1.96 bits per heavy atom. The van der Waals surface area contributed by atoms with Crippen molar-refractivity contribution < 1.29 is 13.2 Å². The van der Waals surface area contributed by atoms with Crippen molar-refractivity contribution in [2.75, 3.05) is 0 Å². The molecule has 5 nitrogen and oxygen atoms in total. The highest BCUT2D eigenvalue weighted by Crippen LogP contribution is 2.22. The minimum atomic E-state index is -3.46. The van der Waals surface area contributed by atoms with Crippen molar-refractivity contribution in [3.05, 3.63) is 57.9 Å². The van der Waals surface area contributed by atoms with E-state index in [-0.39, 0.29) is 10.5 Å². The molecule has 0 spiro atoms. The molecule has 0 N–H and O–H groups in total. The lowest BCUT2D eigenvalue weighted by Crippen LogP contribution is -2.17. The van der Waals surface area contributed by atoms with Gasteiger partial charge in [0.2, 0.25) is 0 Å². The Kier molecular flexibility index (Phi) is 5.55. The summed E-state index contributed by atoms with van der Waals surface area (Å²) in [7, 11) is -3.46. The maximum absolute atomic E-state index is 12.7. The second-order valence-electron chi connectivity index (χ2n) is 6.28. The van der Waals surface area contributed by atoms with Gasteiger partial charge in [-0.1, -0.05) is 29.0 Å². The van der Waals surface area contributed by atoms with Crippen LogP contribution in [-0.2, 0) is 16.4 Å². The van der Waals surface area contributed by atoms with Crippen molar-refractivity contribution >= 4 is 48.9 Å². The monoisotopic (exact) mass is 422 g/mol. The van der Waals surface area contributed by atoms with E-state index in [1.165, 1.54) is 23.5 Å². The first-order valence-corrected chi connectivity index (χ1v) is 11.2. The van der Waals surface area contributed by atoms with Crippen LogP contribution in [0.25, 0.3) is 10.2 Å². The number of hydrogen-bond acceptors (Lipinski definition) is 4. The maximum atomic E-state index is 12.7. The third-order valence-corrected chi connectivity index (χ3v) is 7.62. The van der Waals surface area contributed by atoms with E-state index in [2.05, 4.69) is 4.99 Å². The number of thiazole rings is 1. The van der Waals surface area contributed by atoms with Gasteiger partial charge in [0.25, 0.3) is 5.91 Å². The number of aryl methyl sites for hydroxylation is 1. The summed E-state index contributed by atoms with van der Waals surface area (Å²) in [6.45, 7) is 5.84. The van der Waals surface area contributed by atoms with Crippen LogP contribution in [0.15, 0.2) is 52.4 Å². The molecule has 0 aliphatic rings. The molecule has 0 aliphatic heterocycles. The van der Waals surface area contributed by atoms with Gasteiger partial charge in [-0.05, 0) is 57.2 Å². The standard InChI is InChI=1S/C19H19ClN2O3S2/c1-4-22-16-9-8-14(20)11-17(16)26-19(22)21-18(23)13-6-5-7-15(10-13)27(24,25)12(2)3/h5-12H,4H2,1-3H3. The molecular formula is C19H19ClN2O3S2. The van der Waals surface area contributed by atoms with Gasteiger partial charge in [-0.2, -0.15) is 4.99 Å². The molecule has 3 rings (SSSR count). The van der Waals surface area contributed by atoms with Crippen LogP contribution < -0.4 is 4.80 Å². The smallest absolute Gasteiger partial charge is 0.279 e. The Hall–Kier alpha value is -1.96. The van der Waals surface area contributed by atoms with Crippen molar-refractivity contribution in [2.45, 2.75) is 37.5 Å². The number of carbonyl (C=O) groups is 1. The van der Waals surface area contributed by atoms with Gasteiger partial charge in [0.1, 0.15) is 0 Å². The number of rotatable bonds is 4. The Labute approximate surface area is 166 Å². The summed E-state index contributed by atoms with van der Waals surface area (Å²) >= 11 is 7.43. The van der Waals surface area contributed by atoms with E-state index in [1.54, 1.807) is 32.0 Å². The van der Waals surface area contributed by atoms with E-state index in [4.69, 9.17) is 11.6 Å². The van der Waals surface area contributed by atoms with Gasteiger partial charge in [0, 0.05) is 17.1 Å². The highest BCUT2D eigenvalue weighted by molar-refractivity contribution is 7.92. The summed E-state index contributed by atoms with van der Waals surface area (Å²) in [6, 6.07) is 11.6. The molecule has 0 saturated carbocycles. The number of hydrogen-bond donors (Lipinski definition) is 0. The third-order valence-electron chi connectivity index (χ3n) is 4.19. The molecule has 0 saturated heterocycles. The normalized spacial score (nSPS) is 12.9. The van der Waals surface area contributed by atoms with Crippen molar-refractivity contribution in [2.24, 2.45) is 4.99 Å². The molecule has 0 aliphatic carbocycles. The number of fused-ring (bicyclic) bond motifs is 1. The molecule has 0 radical (unpaired) electrons. The molecule has 0 fully saturated rings. The number of halogens is 1. The molecule has 142 valence electrons. The van der Waals surface area contributed by atoms with Gasteiger partial charge in [0.05, 0.1) is 20.4 Å². The lowest BCUT2D eigenvalue weighted by Gasteiger charge is -2.08. The Morgan fingerprint density at radius 1 is 1.22 bits per heavy atom. The number of aromatic nitrogens is 1. The fraction of sp³-hybridized carbons (Fsp3) is 0.263. The summed E-state index contributed by atoms with van der Waals surface area (Å²) < 4.78 is 27.6. The average Bonchev–Trinajstić information content (AvgIpc) is 2.97. The van der Waals surface area contributed by atoms with Crippen molar-refractivity contribution in [3.63, 3.8) is 0 Å². The number of sulfone groups is 1. The van der Waals surface area contributed by atoms with Crippen molar-refractivity contribution in [1.82, 2.24) is 4.57 Å². The van der Waals surface area contributed by atoms with Crippen LogP contribution in [0.1, 0.15) is 31.1 Å². The SMILES string of the molecule is CCn1c(=NC(=O)c2cccc(S(=O)(=O)C(C)C)c2)sc2cc(Cl)ccc21. The molecule has 1 aromatic heterocycles. The van der Waals surface area contributed by atoms with E-state index < -0.39 is 21.0 Å². The lowest BCUT2D eigenvalue weighted by atomic mass is 10.2. The maximum Gasteiger partial charge on any atom is 0.279 e. The van der Waals surface area contributed by atoms with Gasteiger partial charge in [-0.25, -0.2) is 8.42 Å². The zero-order valence-electron chi connectivity index (χ0n) is 15.1. The Balaban J connectivity index is 2.09. The van der Waals surface area contributed by atoms with Crippen LogP contribution in [0.2, 0.25) is 5.02 Å². The molecule has 1 amide bonds. The summed E-state index contributed by atoms with van der Waals surface area (Å²) in [5.41, 5.74) is 1.20. The molecule has 0 unspecified atom stereocenters. The summed E-state index contributed by atoms with van der Waals surface area (Å²) in [5.74, 6) is -0.476. The van der Waals surface area contributed by atoms with Crippen LogP contribution in [0.3, 0.4) is 0 Å². The number of amides is 1. The zero-order chi connectivity index (χ0) is 19.8. The first-order valence-electron chi connectivity index (χ1n) is 8.46. The molecule has 27 heavy (non-hydrogen) atoms. The Bertz CT molecular complexity index is 1190. The number of benzene rings is 2. The summed E-state index contributed by atoms with van der Waals surface area (Å²) in [6.07, 6.45) is 0. The third kappa shape index (κ3) is 3.85. The van der Waals surface area contributed by atoms with Gasteiger partial charge in [-0.15, -0.1) is 0 Å². The molecule has 0 atom stereocenters. The fourth-order valence-electron chi connectivity index (χ4n) is 2.67. The molecule has 2 aromatic carbocycles. The Morgan fingerprint density at radius 3 is 2.63 bits per heavy atom. The first-order chi connectivity index (χ1) is 12.7. The van der Waals surface area contributed by atoms with E-state index in [0.717, 1.165) is 10.2 Å². The van der Waals surface area contributed by atoms with Crippen molar-refractivity contribution in [1.29, 1.82) is 0 Å². The van der Waals surface area contributed by atoms with E-state index in [0.29, 0.717) is 16.4 Å². The lowest BCUT2D eigenvalue weighted by molar-refractivity contribution is 0.0997. The van der Waals surface area contributed by atoms with Gasteiger partial charge in [0.15, 0.2) is 14.6 Å². The molecular weight excluding hydrogens is 404 g/mol. The summed E-state index contributed by atoms with van der Waals surface area (Å²) in [4.78, 5) is 17.6. The molecule has 3 aromatic rings. The van der Waals surface area contributed by atoms with E-state index in [1.807, 2.05) is 23.6 Å². The van der Waals surface area contributed by atoms with Gasteiger partial charge in [-0.3, -0.25) is 4.79 Å². The zero-order valence-corrected chi connectivity index (χ0v) is 17.5. The van der Waals surface area contributed by atoms with Crippen LogP contribution in [0.4, 0.5) is 0 Å². The highest BCUT2D eigenvalue weighted by atomic mass is 35.5. The van der Waals surface area contributed by atoms with Crippen LogP contribution >= 0.6 is 22.9 Å². The average molecular weight is 423 g/mol. The van der Waals surface area contributed by atoms with Crippen LogP contribution in [-0.4, -0.2) is 24.1 Å². The summed E-state index contributed by atoms with van der Waals surface area (Å²) in [5, 5.41) is 0.0610. The van der Waals surface area contributed by atoms with Crippen LogP contribution in [0.5, 0.6) is 0 Å². The van der Waals surface area contributed by atoms with Crippen molar-refractivity contribution in [3.8, 4) is 0 Å². The van der Waals surface area contributed by atoms with Gasteiger partial charge >= 0.3 is 0 Å². The van der Waals surface area contributed by atoms with Gasteiger partial charge < -0.3 is 4.57 Å². The molecule has 0 bridgehead atoms. The molecule has 1 heterocycles. The fourth-order valence-corrected chi connectivity index (χ4v) is 5.14. The largest absolute Gasteiger partial charge is 0.317 e. The predicted octanol–water partition coefficient (Wildman–Crippen LogP) is 4.30. The second-order valence-corrected chi connectivity index (χ2v) is 10.2. The minimum Gasteiger partial charge on any atom is -0.317 e. The highest BCUT2D eigenvalue weighted by Gasteiger charge is 2.20. The predicted molar refractivity (Wildman–Crippen MR) is 109 cm³/mol. The van der Waals surface area contributed by atoms with E-state index >= 15 is 0 Å². The minimum absolute atomic E-state index is 0.130. The van der Waals surface area contributed by atoms with E-state index in [9.17, 15) is 13.2 Å². The second kappa shape index (κ2) is 7.58. The number of carbonyl (C=O) groups excluding carboxylic acids is 1. The topological polar surface area (TPSA) is 68.5 Å². The number of nitrogens with zero attached hydrogens (tertiary/aromatic N) is 2. The van der Waals surface area contributed by atoms with Crippen LogP contribution in [0, 0.1) is 0 Å². The first kappa shape index (κ1) is 19.8. The molecule has 8 heteroatoms. The quantitative estimate of drug-likeness (QED) is 0.629.